The Morgan fingerprint density at radius 3 is 2.04 bits per heavy atom. The highest BCUT2D eigenvalue weighted by Crippen LogP contribution is 2.37. The second-order valence-electron chi connectivity index (χ2n) is 5.42. The Balaban J connectivity index is 2.08. The van der Waals surface area contributed by atoms with Crippen LogP contribution in [0.15, 0.2) is 41.5 Å². The fraction of sp³-hybridized carbons (Fsp3) is 0.211. The molecule has 8 heteroatoms. The Labute approximate surface area is 157 Å². The predicted molar refractivity (Wildman–Crippen MR) is 102 cm³/mol. The molecule has 0 radical (unpaired) electrons. The Hall–Kier alpha value is -3.55. The minimum absolute atomic E-state index is 0.179. The van der Waals surface area contributed by atoms with E-state index in [1.54, 1.807) is 36.4 Å². The van der Waals surface area contributed by atoms with Gasteiger partial charge in [0.25, 0.3) is 5.91 Å². The Morgan fingerprint density at radius 2 is 1.56 bits per heavy atom. The lowest BCUT2D eigenvalue weighted by Gasteiger charge is -2.12. The van der Waals surface area contributed by atoms with Gasteiger partial charge in [-0.05, 0) is 36.4 Å². The first-order valence-corrected chi connectivity index (χ1v) is 7.99. The molecule has 27 heavy (non-hydrogen) atoms. The lowest BCUT2D eigenvalue weighted by Crippen LogP contribution is -2.17. The quantitative estimate of drug-likeness (QED) is 0.575. The van der Waals surface area contributed by atoms with Gasteiger partial charge in [-0.1, -0.05) is 0 Å². The summed E-state index contributed by atoms with van der Waals surface area (Å²) in [5, 5.41) is 6.58. The number of benzene rings is 2. The van der Waals surface area contributed by atoms with Crippen molar-refractivity contribution in [2.75, 3.05) is 26.6 Å². The van der Waals surface area contributed by atoms with E-state index in [-0.39, 0.29) is 11.8 Å². The van der Waals surface area contributed by atoms with Gasteiger partial charge < -0.3 is 19.5 Å². The number of amides is 2. The summed E-state index contributed by atoms with van der Waals surface area (Å²) in [5.41, 5.74) is 4.12. The lowest BCUT2D eigenvalue weighted by atomic mass is 10.2. The average Bonchev–Trinajstić information content (AvgIpc) is 2.67. The zero-order valence-electron chi connectivity index (χ0n) is 15.5. The van der Waals surface area contributed by atoms with Crippen LogP contribution in [0.4, 0.5) is 5.69 Å². The van der Waals surface area contributed by atoms with Crippen molar-refractivity contribution in [3.63, 3.8) is 0 Å². The molecule has 2 amide bonds. The second-order valence-corrected chi connectivity index (χ2v) is 5.42. The summed E-state index contributed by atoms with van der Waals surface area (Å²) in [6.45, 7) is 1.42. The molecule has 2 rings (SSSR count). The van der Waals surface area contributed by atoms with E-state index in [0.717, 1.165) is 0 Å². The van der Waals surface area contributed by atoms with Gasteiger partial charge in [-0.3, -0.25) is 9.59 Å². The molecule has 0 fully saturated rings. The molecule has 2 aromatic carbocycles. The van der Waals surface area contributed by atoms with Gasteiger partial charge in [0.1, 0.15) is 0 Å². The van der Waals surface area contributed by atoms with Crippen molar-refractivity contribution in [2.24, 2.45) is 5.10 Å². The first-order chi connectivity index (χ1) is 13.0. The van der Waals surface area contributed by atoms with Crippen molar-refractivity contribution in [2.45, 2.75) is 6.92 Å². The smallest absolute Gasteiger partial charge is 0.271 e. The van der Waals surface area contributed by atoms with Gasteiger partial charge in [0.2, 0.25) is 11.7 Å². The molecule has 0 atom stereocenters. The molecule has 142 valence electrons. The number of hydrogen-bond acceptors (Lipinski definition) is 6. The van der Waals surface area contributed by atoms with E-state index >= 15 is 0 Å². The average molecular weight is 371 g/mol. The minimum Gasteiger partial charge on any atom is -0.493 e. The summed E-state index contributed by atoms with van der Waals surface area (Å²) in [4.78, 5) is 23.1. The number of carbonyl (C=O) groups excluding carboxylic acids is 2. The molecule has 0 spiro atoms. The monoisotopic (exact) mass is 371 g/mol. The number of hydrazone groups is 1. The fourth-order valence-electron chi connectivity index (χ4n) is 2.31. The Kier molecular flexibility index (Phi) is 6.76. The third-order valence-electron chi connectivity index (χ3n) is 3.53. The summed E-state index contributed by atoms with van der Waals surface area (Å²) in [6.07, 6.45) is 1.47. The predicted octanol–water partition coefficient (Wildman–Crippen LogP) is 2.43. The summed E-state index contributed by atoms with van der Waals surface area (Å²) in [6, 6.07) is 9.88. The van der Waals surface area contributed by atoms with Crippen molar-refractivity contribution in [1.82, 2.24) is 5.43 Å². The first-order valence-electron chi connectivity index (χ1n) is 7.99. The molecule has 8 nitrogen and oxygen atoms in total. The molecule has 0 aromatic heterocycles. The van der Waals surface area contributed by atoms with Crippen molar-refractivity contribution in [3.05, 3.63) is 47.5 Å². The van der Waals surface area contributed by atoms with Gasteiger partial charge in [-0.25, -0.2) is 5.43 Å². The maximum absolute atomic E-state index is 12.1. The zero-order chi connectivity index (χ0) is 19.8. The number of hydrogen-bond donors (Lipinski definition) is 2. The second kappa shape index (κ2) is 9.23. The van der Waals surface area contributed by atoms with Crippen LogP contribution in [0, 0.1) is 0 Å². The van der Waals surface area contributed by atoms with Gasteiger partial charge in [0.05, 0.1) is 27.5 Å². The van der Waals surface area contributed by atoms with E-state index in [2.05, 4.69) is 15.8 Å². The van der Waals surface area contributed by atoms with Gasteiger partial charge >= 0.3 is 0 Å². The molecule has 0 unspecified atom stereocenters. The van der Waals surface area contributed by atoms with Crippen LogP contribution in [0.5, 0.6) is 17.2 Å². The molecule has 0 bridgehead atoms. The highest BCUT2D eigenvalue weighted by Gasteiger charge is 2.12. The van der Waals surface area contributed by atoms with Gasteiger partial charge in [-0.15, -0.1) is 0 Å². The lowest BCUT2D eigenvalue weighted by molar-refractivity contribution is -0.114. The molecular weight excluding hydrogens is 350 g/mol. The summed E-state index contributed by atoms with van der Waals surface area (Å²) < 4.78 is 15.8. The van der Waals surface area contributed by atoms with Crippen LogP contribution in [0.25, 0.3) is 0 Å². The van der Waals surface area contributed by atoms with Gasteiger partial charge in [-0.2, -0.15) is 5.10 Å². The van der Waals surface area contributed by atoms with E-state index in [1.807, 2.05) is 0 Å². The van der Waals surface area contributed by atoms with Crippen LogP contribution in [0.2, 0.25) is 0 Å². The van der Waals surface area contributed by atoms with E-state index < -0.39 is 0 Å². The van der Waals surface area contributed by atoms with Crippen molar-refractivity contribution in [1.29, 1.82) is 0 Å². The fourth-order valence-corrected chi connectivity index (χ4v) is 2.31. The molecule has 2 N–H and O–H groups in total. The molecule has 2 aromatic rings. The van der Waals surface area contributed by atoms with Crippen molar-refractivity contribution in [3.8, 4) is 17.2 Å². The normalized spacial score (nSPS) is 10.4. The van der Waals surface area contributed by atoms with Crippen LogP contribution in [0.3, 0.4) is 0 Å². The van der Waals surface area contributed by atoms with E-state index in [9.17, 15) is 9.59 Å². The standard InChI is InChI=1S/C19H21N3O5/c1-12(23)21-15-7-5-14(6-8-15)19(24)22-20-11-13-9-16(25-2)18(27-4)17(10-13)26-3/h5-11H,1-4H3,(H,21,23)(H,22,24). The van der Waals surface area contributed by atoms with E-state index in [4.69, 9.17) is 14.2 Å². The largest absolute Gasteiger partial charge is 0.493 e. The van der Waals surface area contributed by atoms with Gasteiger partial charge in [0, 0.05) is 23.7 Å². The highest BCUT2D eigenvalue weighted by molar-refractivity contribution is 5.96. The van der Waals surface area contributed by atoms with Crippen LogP contribution in [-0.2, 0) is 4.79 Å². The molecule has 0 aliphatic carbocycles. The molecule has 0 heterocycles. The van der Waals surface area contributed by atoms with E-state index in [1.165, 1.54) is 34.5 Å². The van der Waals surface area contributed by atoms with E-state index in [0.29, 0.717) is 34.1 Å². The summed E-state index contributed by atoms with van der Waals surface area (Å²) in [7, 11) is 4.56. The summed E-state index contributed by atoms with van der Waals surface area (Å²) >= 11 is 0. The molecule has 0 saturated carbocycles. The maximum Gasteiger partial charge on any atom is 0.271 e. The minimum atomic E-state index is -0.381. The van der Waals surface area contributed by atoms with Crippen LogP contribution in [0.1, 0.15) is 22.8 Å². The van der Waals surface area contributed by atoms with Crippen molar-refractivity contribution >= 4 is 23.7 Å². The SMILES string of the molecule is COc1cc(C=NNC(=O)c2ccc(NC(C)=O)cc2)cc(OC)c1OC. The van der Waals surface area contributed by atoms with Crippen LogP contribution < -0.4 is 25.0 Å². The van der Waals surface area contributed by atoms with Crippen LogP contribution >= 0.6 is 0 Å². The maximum atomic E-state index is 12.1. The Morgan fingerprint density at radius 1 is 0.963 bits per heavy atom. The number of nitrogens with zero attached hydrogens (tertiary/aromatic N) is 1. The number of nitrogens with one attached hydrogen (secondary N) is 2. The molecule has 0 aliphatic rings. The highest BCUT2D eigenvalue weighted by atomic mass is 16.5. The first kappa shape index (κ1) is 19.8. The number of methoxy groups -OCH3 is 3. The molecule has 0 aliphatic heterocycles. The zero-order valence-corrected chi connectivity index (χ0v) is 15.5. The number of anilines is 1. The Bertz CT molecular complexity index is 822. The van der Waals surface area contributed by atoms with Crippen molar-refractivity contribution < 1.29 is 23.8 Å². The number of rotatable bonds is 7. The molecular formula is C19H21N3O5. The topological polar surface area (TPSA) is 98.2 Å². The summed E-state index contributed by atoms with van der Waals surface area (Å²) in [5.74, 6) is 0.882. The number of ether oxygens (including phenoxy) is 3. The third-order valence-corrected chi connectivity index (χ3v) is 3.53. The molecule has 0 saturated heterocycles. The van der Waals surface area contributed by atoms with Gasteiger partial charge in [0.15, 0.2) is 11.5 Å². The third kappa shape index (κ3) is 5.21. The van der Waals surface area contributed by atoms with Crippen LogP contribution in [-0.4, -0.2) is 39.4 Å². The number of carbonyl (C=O) groups is 2.